The number of carbonyl (C=O) groups is 1. The first kappa shape index (κ1) is 20.6. The smallest absolute Gasteiger partial charge is 0.254 e. The first-order valence-electron chi connectivity index (χ1n) is 8.21. The molecule has 1 amide bonds. The monoisotopic (exact) mass is 438 g/mol. The summed E-state index contributed by atoms with van der Waals surface area (Å²) in [6, 6.07) is 14.4. The highest BCUT2D eigenvalue weighted by Crippen LogP contribution is 2.26. The van der Waals surface area contributed by atoms with E-state index in [1.807, 2.05) is 44.2 Å². The Morgan fingerprint density at radius 3 is 2.23 bits per heavy atom. The Kier molecular flexibility index (Phi) is 6.60. The van der Waals surface area contributed by atoms with Gasteiger partial charge in [-0.3, -0.25) is 4.79 Å². The van der Waals surface area contributed by atoms with E-state index in [1.165, 1.54) is 20.2 Å². The molecule has 7 heteroatoms. The molecule has 140 valence electrons. The van der Waals surface area contributed by atoms with Crippen molar-refractivity contribution >= 4 is 31.9 Å². The normalized spacial score (nSPS) is 11.8. The van der Waals surface area contributed by atoms with Crippen molar-refractivity contribution in [3.05, 3.63) is 64.1 Å². The topological polar surface area (TPSA) is 57.7 Å². The van der Waals surface area contributed by atoms with E-state index in [1.54, 1.807) is 17.0 Å². The molecule has 0 spiro atoms. The van der Waals surface area contributed by atoms with Crippen LogP contribution < -0.4 is 0 Å². The summed E-state index contributed by atoms with van der Waals surface area (Å²) in [6.45, 7) is 4.34. The second kappa shape index (κ2) is 8.33. The Morgan fingerprint density at radius 1 is 1.08 bits per heavy atom. The second-order valence-electron chi connectivity index (χ2n) is 6.45. The van der Waals surface area contributed by atoms with Gasteiger partial charge in [-0.2, -0.15) is 0 Å². The summed E-state index contributed by atoms with van der Waals surface area (Å²) in [5.74, 6) is -0.202. The molecule has 0 radical (unpaired) electrons. The van der Waals surface area contributed by atoms with Crippen molar-refractivity contribution in [1.82, 2.24) is 9.21 Å². The third-order valence-corrected chi connectivity index (χ3v) is 6.83. The highest BCUT2D eigenvalue weighted by atomic mass is 79.9. The Hall–Kier alpha value is -1.70. The number of hydrogen-bond donors (Lipinski definition) is 0. The summed E-state index contributed by atoms with van der Waals surface area (Å²) in [5, 5.41) is 0. The minimum absolute atomic E-state index is 0.0275. The van der Waals surface area contributed by atoms with E-state index in [0.29, 0.717) is 16.6 Å². The van der Waals surface area contributed by atoms with Crippen LogP contribution in [0.5, 0.6) is 0 Å². The lowest BCUT2D eigenvalue weighted by Crippen LogP contribution is -2.36. The van der Waals surface area contributed by atoms with Crippen LogP contribution in [0.1, 0.15) is 29.8 Å². The van der Waals surface area contributed by atoms with Gasteiger partial charge in [-0.25, -0.2) is 12.7 Å². The van der Waals surface area contributed by atoms with Gasteiger partial charge in [-0.1, -0.05) is 30.3 Å². The number of hydrogen-bond acceptors (Lipinski definition) is 3. The van der Waals surface area contributed by atoms with Gasteiger partial charge in [0, 0.05) is 36.7 Å². The van der Waals surface area contributed by atoms with Gasteiger partial charge in [0.1, 0.15) is 0 Å². The van der Waals surface area contributed by atoms with Crippen LogP contribution in [-0.4, -0.2) is 43.7 Å². The van der Waals surface area contributed by atoms with Gasteiger partial charge in [0.25, 0.3) is 5.91 Å². The summed E-state index contributed by atoms with van der Waals surface area (Å²) in [6.07, 6.45) is 0. The molecule has 0 aliphatic carbocycles. The predicted molar refractivity (Wildman–Crippen MR) is 106 cm³/mol. The lowest BCUT2D eigenvalue weighted by molar-refractivity contribution is 0.0690. The average molecular weight is 439 g/mol. The van der Waals surface area contributed by atoms with Crippen molar-refractivity contribution in [2.75, 3.05) is 14.1 Å². The molecule has 2 rings (SSSR count). The van der Waals surface area contributed by atoms with Gasteiger partial charge in [0.2, 0.25) is 10.0 Å². The van der Waals surface area contributed by atoms with Crippen molar-refractivity contribution in [3.8, 4) is 0 Å². The van der Waals surface area contributed by atoms with Crippen molar-refractivity contribution in [2.45, 2.75) is 31.3 Å². The molecule has 0 aromatic heterocycles. The molecule has 0 bridgehead atoms. The Labute approximate surface area is 163 Å². The first-order chi connectivity index (χ1) is 12.1. The fraction of sp³-hybridized carbons (Fsp3) is 0.316. The zero-order chi connectivity index (χ0) is 19.5. The number of benzene rings is 2. The van der Waals surface area contributed by atoms with Gasteiger partial charge >= 0.3 is 0 Å². The Balaban J connectivity index is 2.41. The van der Waals surface area contributed by atoms with E-state index in [2.05, 4.69) is 15.9 Å². The standard InChI is InChI=1S/C19H23BrN2O3S/c1-14(2)22(13-15-8-6-5-7-9-15)19(23)16-10-11-17(20)18(12-16)26(24,25)21(3)4/h5-12,14H,13H2,1-4H3. The Bertz CT molecular complexity index is 881. The van der Waals surface area contributed by atoms with Gasteiger partial charge in [0.15, 0.2) is 0 Å². The Morgan fingerprint density at radius 2 is 1.69 bits per heavy atom. The van der Waals surface area contributed by atoms with Crippen LogP contribution in [0.4, 0.5) is 0 Å². The molecule has 0 saturated heterocycles. The van der Waals surface area contributed by atoms with E-state index in [-0.39, 0.29) is 16.8 Å². The van der Waals surface area contributed by atoms with E-state index in [4.69, 9.17) is 0 Å². The maximum absolute atomic E-state index is 13.1. The van der Waals surface area contributed by atoms with Gasteiger partial charge in [0.05, 0.1) is 4.90 Å². The van der Waals surface area contributed by atoms with Crippen LogP contribution in [-0.2, 0) is 16.6 Å². The van der Waals surface area contributed by atoms with Crippen LogP contribution in [0.3, 0.4) is 0 Å². The highest BCUT2D eigenvalue weighted by Gasteiger charge is 2.25. The van der Waals surface area contributed by atoms with Crippen molar-refractivity contribution in [3.63, 3.8) is 0 Å². The summed E-state index contributed by atoms with van der Waals surface area (Å²) >= 11 is 3.27. The SMILES string of the molecule is CC(C)N(Cc1ccccc1)C(=O)c1ccc(Br)c(S(=O)(=O)N(C)C)c1. The quantitative estimate of drug-likeness (QED) is 0.689. The van der Waals surface area contributed by atoms with Crippen molar-refractivity contribution in [2.24, 2.45) is 0 Å². The molecule has 0 saturated carbocycles. The molecule has 5 nitrogen and oxygen atoms in total. The van der Waals surface area contributed by atoms with E-state index in [0.717, 1.165) is 9.87 Å². The molecule has 0 unspecified atom stereocenters. The summed E-state index contributed by atoms with van der Waals surface area (Å²) in [7, 11) is -0.724. The number of nitrogens with zero attached hydrogens (tertiary/aromatic N) is 2. The fourth-order valence-electron chi connectivity index (χ4n) is 2.47. The molecule has 0 fully saturated rings. The van der Waals surface area contributed by atoms with Crippen LogP contribution in [0, 0.1) is 0 Å². The first-order valence-corrected chi connectivity index (χ1v) is 10.4. The van der Waals surface area contributed by atoms with Crippen LogP contribution in [0.15, 0.2) is 57.9 Å². The van der Waals surface area contributed by atoms with E-state index in [9.17, 15) is 13.2 Å². The zero-order valence-electron chi connectivity index (χ0n) is 15.3. The molecule has 2 aromatic rings. The third kappa shape index (κ3) is 4.52. The zero-order valence-corrected chi connectivity index (χ0v) is 17.7. The molecule has 0 aliphatic heterocycles. The maximum Gasteiger partial charge on any atom is 0.254 e. The maximum atomic E-state index is 13.1. The molecule has 2 aromatic carbocycles. The van der Waals surface area contributed by atoms with E-state index < -0.39 is 10.0 Å². The third-order valence-electron chi connectivity index (χ3n) is 4.02. The number of carbonyl (C=O) groups excluding carboxylic acids is 1. The molecular weight excluding hydrogens is 416 g/mol. The van der Waals surface area contributed by atoms with Gasteiger partial charge in [-0.05, 0) is 53.5 Å². The molecule has 0 atom stereocenters. The average Bonchev–Trinajstić information content (AvgIpc) is 2.59. The predicted octanol–water partition coefficient (Wildman–Crippen LogP) is 3.75. The van der Waals surface area contributed by atoms with Crippen LogP contribution in [0.25, 0.3) is 0 Å². The van der Waals surface area contributed by atoms with Crippen molar-refractivity contribution in [1.29, 1.82) is 0 Å². The highest BCUT2D eigenvalue weighted by molar-refractivity contribution is 9.10. The molecular formula is C19H23BrN2O3S. The molecule has 0 aliphatic rings. The minimum atomic E-state index is -3.65. The molecule has 0 N–H and O–H groups in total. The van der Waals surface area contributed by atoms with Crippen molar-refractivity contribution < 1.29 is 13.2 Å². The number of amides is 1. The van der Waals surface area contributed by atoms with E-state index >= 15 is 0 Å². The number of halogens is 1. The van der Waals surface area contributed by atoms with Crippen LogP contribution >= 0.6 is 15.9 Å². The largest absolute Gasteiger partial charge is 0.332 e. The lowest BCUT2D eigenvalue weighted by atomic mass is 10.1. The number of rotatable bonds is 6. The van der Waals surface area contributed by atoms with Gasteiger partial charge in [-0.15, -0.1) is 0 Å². The fourth-order valence-corrected chi connectivity index (χ4v) is 4.31. The molecule has 26 heavy (non-hydrogen) atoms. The lowest BCUT2D eigenvalue weighted by Gasteiger charge is -2.27. The van der Waals surface area contributed by atoms with Gasteiger partial charge < -0.3 is 4.90 Å². The summed E-state index contributed by atoms with van der Waals surface area (Å²) in [5.41, 5.74) is 1.37. The molecule has 0 heterocycles. The second-order valence-corrected chi connectivity index (χ2v) is 9.42. The summed E-state index contributed by atoms with van der Waals surface area (Å²) in [4.78, 5) is 14.9. The minimum Gasteiger partial charge on any atom is -0.332 e. The summed E-state index contributed by atoms with van der Waals surface area (Å²) < 4.78 is 26.5. The number of sulfonamides is 1. The van der Waals surface area contributed by atoms with Crippen LogP contribution in [0.2, 0.25) is 0 Å².